The minimum absolute atomic E-state index is 0.0125. The summed E-state index contributed by atoms with van der Waals surface area (Å²) in [7, 11) is 0. The number of nitrogens with zero attached hydrogens (tertiary/aromatic N) is 5. The van der Waals surface area contributed by atoms with Gasteiger partial charge in [0.25, 0.3) is 0 Å². The largest absolute Gasteiger partial charge is 0.465 e. The van der Waals surface area contributed by atoms with Gasteiger partial charge >= 0.3 is 18.4 Å². The number of fused-ring (bicyclic) bond motifs is 4. The van der Waals surface area contributed by atoms with Gasteiger partial charge in [-0.15, -0.1) is 0 Å². The van der Waals surface area contributed by atoms with Crippen molar-refractivity contribution in [3.05, 3.63) is 90.3 Å². The Morgan fingerprint density at radius 2 is 1.64 bits per heavy atom. The molecule has 4 heterocycles. The molecule has 0 radical (unpaired) electrons. The molecule has 0 unspecified atom stereocenters. The molecular formula is C32H24F3N5O4. The molecule has 0 atom stereocenters. The number of aromatic nitrogens is 2. The van der Waals surface area contributed by atoms with Gasteiger partial charge < -0.3 is 19.6 Å². The Balaban J connectivity index is 1.33. The molecule has 2 amide bonds. The Morgan fingerprint density at radius 1 is 0.864 bits per heavy atom. The number of piperazine rings is 1. The quantitative estimate of drug-likeness (QED) is 0.237. The van der Waals surface area contributed by atoms with Crippen LogP contribution in [0.25, 0.3) is 32.9 Å². The maximum atomic E-state index is 14.5. The summed E-state index contributed by atoms with van der Waals surface area (Å²) in [4.78, 5) is 37.5. The first-order chi connectivity index (χ1) is 21.2. The molecule has 0 aliphatic carbocycles. The number of benzene rings is 3. The van der Waals surface area contributed by atoms with Crippen LogP contribution in [0.4, 0.5) is 39.8 Å². The Hall–Kier alpha value is -5.39. The van der Waals surface area contributed by atoms with E-state index in [-0.39, 0.29) is 44.2 Å². The number of carbonyl (C=O) groups is 2. The van der Waals surface area contributed by atoms with Crippen molar-refractivity contribution in [2.75, 3.05) is 36.0 Å². The topological polar surface area (TPSA) is 99.1 Å². The van der Waals surface area contributed by atoms with Crippen LogP contribution in [0.5, 0.6) is 0 Å². The highest BCUT2D eigenvalue weighted by Gasteiger charge is 2.38. The van der Waals surface area contributed by atoms with Gasteiger partial charge in [-0.1, -0.05) is 24.3 Å². The third kappa shape index (κ3) is 4.77. The average Bonchev–Trinajstić information content (AvgIpc) is 3.03. The van der Waals surface area contributed by atoms with E-state index in [1.807, 2.05) is 42.5 Å². The molecule has 0 spiro atoms. The lowest BCUT2D eigenvalue weighted by atomic mass is 10.00. The number of ether oxygens (including phenoxy) is 1. The lowest BCUT2D eigenvalue weighted by Gasteiger charge is -2.36. The predicted molar refractivity (Wildman–Crippen MR) is 158 cm³/mol. The number of rotatable bonds is 3. The van der Waals surface area contributed by atoms with Gasteiger partial charge in [-0.2, -0.15) is 13.2 Å². The van der Waals surface area contributed by atoms with E-state index in [9.17, 15) is 27.9 Å². The summed E-state index contributed by atoms with van der Waals surface area (Å²) in [5.41, 5.74) is 2.97. The maximum absolute atomic E-state index is 14.5. The van der Waals surface area contributed by atoms with Crippen molar-refractivity contribution in [2.45, 2.75) is 12.8 Å². The first-order valence-electron chi connectivity index (χ1n) is 13.8. The summed E-state index contributed by atoms with van der Waals surface area (Å²) in [6.07, 6.45) is -3.34. The molecule has 2 aliphatic rings. The maximum Gasteiger partial charge on any atom is 0.419 e. The number of carbonyl (C=O) groups excluding carboxylic acids is 1. The molecule has 5 aromatic rings. The molecule has 1 fully saturated rings. The fourth-order valence-electron chi connectivity index (χ4n) is 5.83. The summed E-state index contributed by atoms with van der Waals surface area (Å²) < 4.78 is 48.8. The van der Waals surface area contributed by atoms with Crippen molar-refractivity contribution in [2.24, 2.45) is 0 Å². The molecule has 9 nitrogen and oxygen atoms in total. The number of carboxylic acid groups (broad SMARTS) is 1. The van der Waals surface area contributed by atoms with Gasteiger partial charge in [0.15, 0.2) is 0 Å². The van der Waals surface area contributed by atoms with Gasteiger partial charge in [0.05, 0.1) is 28.0 Å². The normalized spacial score (nSPS) is 15.4. The SMILES string of the molecule is O=C(O)N1CCN(c2ccc(N3C(=O)OCc4cnc5ccc(-c6cnc7ccccc7c6)cc5c43)cc2C(F)(F)F)CC1. The molecule has 44 heavy (non-hydrogen) atoms. The van der Waals surface area contributed by atoms with Crippen LogP contribution in [-0.2, 0) is 17.5 Å². The van der Waals surface area contributed by atoms with Crippen molar-refractivity contribution in [3.63, 3.8) is 0 Å². The number of pyridine rings is 2. The van der Waals surface area contributed by atoms with E-state index in [1.54, 1.807) is 18.5 Å². The standard InChI is InChI=1S/C32H24F3N5O4/c33-32(34,35)25-15-23(6-8-28(25)38-9-11-39(12-10-38)30(41)42)40-29-22(18-44-31(40)43)17-37-27-7-5-19(14-24(27)29)21-13-20-3-1-2-4-26(20)36-16-21/h1-8,13-17H,9-12,18H2,(H,41,42). The Bertz CT molecular complexity index is 1960. The van der Waals surface area contributed by atoms with Crippen LogP contribution in [0.3, 0.4) is 0 Å². The van der Waals surface area contributed by atoms with Crippen LogP contribution < -0.4 is 9.80 Å². The van der Waals surface area contributed by atoms with Crippen molar-refractivity contribution < 1.29 is 32.6 Å². The summed E-state index contributed by atoms with van der Waals surface area (Å²) in [5.74, 6) is 0. The molecule has 7 rings (SSSR count). The Morgan fingerprint density at radius 3 is 2.41 bits per heavy atom. The zero-order valence-electron chi connectivity index (χ0n) is 23.1. The van der Waals surface area contributed by atoms with Crippen LogP contribution >= 0.6 is 0 Å². The molecule has 1 saturated heterocycles. The van der Waals surface area contributed by atoms with E-state index < -0.39 is 23.9 Å². The number of anilines is 3. The molecular weight excluding hydrogens is 575 g/mol. The van der Waals surface area contributed by atoms with E-state index in [0.717, 1.165) is 33.0 Å². The molecule has 222 valence electrons. The zero-order valence-corrected chi connectivity index (χ0v) is 23.1. The number of halogens is 3. The van der Waals surface area contributed by atoms with Crippen molar-refractivity contribution in [1.82, 2.24) is 14.9 Å². The molecule has 12 heteroatoms. The van der Waals surface area contributed by atoms with Crippen LogP contribution in [-0.4, -0.2) is 58.3 Å². The zero-order chi connectivity index (χ0) is 30.6. The van der Waals surface area contributed by atoms with Gasteiger partial charge in [-0.05, 0) is 48.0 Å². The smallest absolute Gasteiger partial charge is 0.419 e. The second-order valence-corrected chi connectivity index (χ2v) is 10.6. The van der Waals surface area contributed by atoms with E-state index >= 15 is 0 Å². The van der Waals surface area contributed by atoms with E-state index in [0.29, 0.717) is 22.2 Å². The van der Waals surface area contributed by atoms with E-state index in [2.05, 4.69) is 9.97 Å². The highest BCUT2D eigenvalue weighted by Crippen LogP contribution is 2.44. The van der Waals surface area contributed by atoms with Gasteiger partial charge in [-0.3, -0.25) is 9.97 Å². The summed E-state index contributed by atoms with van der Waals surface area (Å²) in [6.45, 7) is 0.286. The first-order valence-corrected chi connectivity index (χ1v) is 13.8. The van der Waals surface area contributed by atoms with Crippen LogP contribution in [0.1, 0.15) is 11.1 Å². The summed E-state index contributed by atoms with van der Waals surface area (Å²) in [5, 5.41) is 10.8. The van der Waals surface area contributed by atoms with Crippen LogP contribution in [0, 0.1) is 0 Å². The minimum atomic E-state index is -4.74. The first kappa shape index (κ1) is 27.4. The molecule has 0 bridgehead atoms. The second kappa shape index (κ2) is 10.4. The molecule has 0 saturated carbocycles. The Kier molecular flexibility index (Phi) is 6.49. The summed E-state index contributed by atoms with van der Waals surface area (Å²) >= 11 is 0. The van der Waals surface area contributed by atoms with Gasteiger partial charge in [0.2, 0.25) is 0 Å². The Labute approximate surface area is 248 Å². The molecule has 2 aromatic heterocycles. The number of cyclic esters (lactones) is 1. The third-order valence-corrected chi connectivity index (χ3v) is 8.03. The monoisotopic (exact) mass is 599 g/mol. The fourth-order valence-corrected chi connectivity index (χ4v) is 5.83. The number of amides is 2. The van der Waals surface area contributed by atoms with E-state index in [1.165, 1.54) is 21.9 Å². The number of para-hydroxylation sites is 1. The fraction of sp³-hybridized carbons (Fsp3) is 0.188. The summed E-state index contributed by atoms with van der Waals surface area (Å²) in [6, 6.07) is 19.0. The van der Waals surface area contributed by atoms with E-state index in [4.69, 9.17) is 4.74 Å². The molecule has 2 aliphatic heterocycles. The minimum Gasteiger partial charge on any atom is -0.465 e. The van der Waals surface area contributed by atoms with Gasteiger partial charge in [0.1, 0.15) is 6.61 Å². The molecule has 1 N–H and O–H groups in total. The van der Waals surface area contributed by atoms with Crippen LogP contribution in [0.2, 0.25) is 0 Å². The second-order valence-electron chi connectivity index (χ2n) is 10.6. The van der Waals surface area contributed by atoms with Gasteiger partial charge in [0, 0.05) is 66.2 Å². The highest BCUT2D eigenvalue weighted by molar-refractivity contribution is 6.08. The number of alkyl halides is 3. The van der Waals surface area contributed by atoms with Gasteiger partial charge in [-0.25, -0.2) is 14.5 Å². The number of hydrogen-bond donors (Lipinski definition) is 1. The average molecular weight is 600 g/mol. The lowest BCUT2D eigenvalue weighted by molar-refractivity contribution is -0.137. The molecule has 3 aromatic carbocycles. The predicted octanol–water partition coefficient (Wildman–Crippen LogP) is 7.06. The van der Waals surface area contributed by atoms with Crippen LogP contribution in [0.15, 0.2) is 79.1 Å². The van der Waals surface area contributed by atoms with Crippen molar-refractivity contribution in [3.8, 4) is 11.1 Å². The third-order valence-electron chi connectivity index (χ3n) is 8.03. The number of hydrogen-bond acceptors (Lipinski definition) is 6. The lowest BCUT2D eigenvalue weighted by Crippen LogP contribution is -2.48. The van der Waals surface area contributed by atoms with Crippen molar-refractivity contribution >= 4 is 51.1 Å². The van der Waals surface area contributed by atoms with Crippen molar-refractivity contribution in [1.29, 1.82) is 0 Å². The highest BCUT2D eigenvalue weighted by atomic mass is 19.4.